The molecular weight excluding hydrogens is 670 g/mol. The van der Waals surface area contributed by atoms with E-state index in [9.17, 15) is 34.5 Å². The molecule has 0 saturated heterocycles. The van der Waals surface area contributed by atoms with Crippen LogP contribution >= 0.6 is 0 Å². The molecule has 4 aromatic carbocycles. The van der Waals surface area contributed by atoms with Gasteiger partial charge in [0.15, 0.2) is 23.3 Å². The number of carboxylic acid groups (broad SMARTS) is 3. The molecule has 52 heavy (non-hydrogen) atoms. The number of fused-ring (bicyclic) bond motifs is 20. The zero-order valence-electron chi connectivity index (χ0n) is 26.2. The topological polar surface area (TPSA) is 264 Å². The first-order valence-corrected chi connectivity index (χ1v) is 15.4. The molecule has 16 heteroatoms. The molecular formula is C36H19N9O7. The Morgan fingerprint density at radius 2 is 0.769 bits per heavy atom. The van der Waals surface area contributed by atoms with Crippen LogP contribution in [0, 0.1) is 0 Å². The largest absolute Gasteiger partial charge is 0.478 e. The lowest BCUT2D eigenvalue weighted by Gasteiger charge is -2.12. The number of benzene rings is 4. The van der Waals surface area contributed by atoms with Gasteiger partial charge in [-0.05, 0) is 0 Å². The number of nitrogens with two attached hydrogens (primary N) is 1. The minimum atomic E-state index is -1.92. The summed E-state index contributed by atoms with van der Waals surface area (Å²) in [4.78, 5) is 86.1. The van der Waals surface area contributed by atoms with E-state index in [1.54, 1.807) is 48.5 Å². The maximum atomic E-state index is 13.1. The van der Waals surface area contributed by atoms with E-state index in [0.717, 1.165) is 10.8 Å². The highest BCUT2D eigenvalue weighted by molar-refractivity contribution is 6.29. The van der Waals surface area contributed by atoms with Crippen LogP contribution in [0.25, 0.3) is 89.7 Å². The van der Waals surface area contributed by atoms with Gasteiger partial charge in [-0.25, -0.2) is 44.3 Å². The predicted octanol–water partition coefficient (Wildman–Crippen LogP) is 5.06. The van der Waals surface area contributed by atoms with Crippen molar-refractivity contribution in [3.8, 4) is 45.6 Å². The summed E-state index contributed by atoms with van der Waals surface area (Å²) in [6, 6.07) is 21.5. The number of carbonyl (C=O) groups excluding carboxylic acids is 1. The predicted molar refractivity (Wildman–Crippen MR) is 185 cm³/mol. The van der Waals surface area contributed by atoms with Crippen molar-refractivity contribution in [2.45, 2.75) is 0 Å². The average Bonchev–Trinajstić information content (AvgIpc) is 3.86. The molecule has 0 atom stereocenters. The number of nitrogens with zero attached hydrogens (tertiary/aromatic N) is 6. The summed E-state index contributed by atoms with van der Waals surface area (Å²) in [6.07, 6.45) is 0. The van der Waals surface area contributed by atoms with Crippen LogP contribution < -0.4 is 5.73 Å². The summed E-state index contributed by atoms with van der Waals surface area (Å²) in [7, 11) is 0. The van der Waals surface area contributed by atoms with Crippen molar-refractivity contribution in [1.82, 2.24) is 39.9 Å². The molecule has 0 saturated carbocycles. The number of carboxylic acids is 3. The summed E-state index contributed by atoms with van der Waals surface area (Å²) >= 11 is 0. The number of H-pyrrole nitrogens is 2. The normalized spacial score (nSPS) is 11.7. The minimum Gasteiger partial charge on any atom is -0.478 e. The summed E-state index contributed by atoms with van der Waals surface area (Å²) in [5, 5.41) is 31.6. The summed E-state index contributed by atoms with van der Waals surface area (Å²) in [6.45, 7) is 0. The number of nitrogens with one attached hydrogen (secondary N) is 2. The van der Waals surface area contributed by atoms with Gasteiger partial charge in [-0.15, -0.1) is 0 Å². The summed E-state index contributed by atoms with van der Waals surface area (Å²) in [5.74, 6) is -6.38. The molecule has 9 rings (SSSR count). The number of aromatic carboxylic acids is 3. The fourth-order valence-electron chi connectivity index (χ4n) is 6.79. The van der Waals surface area contributed by atoms with Crippen molar-refractivity contribution < 1.29 is 34.5 Å². The molecule has 5 heterocycles. The van der Waals surface area contributed by atoms with Crippen LogP contribution in [-0.2, 0) is 0 Å². The van der Waals surface area contributed by atoms with E-state index in [1.165, 1.54) is 0 Å². The van der Waals surface area contributed by atoms with Gasteiger partial charge < -0.3 is 31.0 Å². The fourth-order valence-corrected chi connectivity index (χ4v) is 6.79. The number of hydrogen-bond acceptors (Lipinski definition) is 10. The molecule has 0 aliphatic carbocycles. The minimum absolute atomic E-state index is 0.0484. The molecule has 2 aliphatic heterocycles. The summed E-state index contributed by atoms with van der Waals surface area (Å²) in [5.41, 5.74) is 4.19. The van der Waals surface area contributed by atoms with Crippen LogP contribution in [0.5, 0.6) is 0 Å². The molecule has 7 N–H and O–H groups in total. The number of aromatic amines is 2. The SMILES string of the molecule is NC(=O)c1c(C(=O)O)c(C(=O)O)c(C(=O)O)c2c3nc4nc(nc5[nH]c(nc6nc(nc([nH]3)c12)-c1ccccc1-6)c1ccccc51)-c1ccccc1-4. The van der Waals surface area contributed by atoms with Crippen LogP contribution in [0.3, 0.4) is 0 Å². The van der Waals surface area contributed by atoms with Gasteiger partial charge >= 0.3 is 17.9 Å². The first-order valence-electron chi connectivity index (χ1n) is 15.4. The van der Waals surface area contributed by atoms with Crippen molar-refractivity contribution in [3.63, 3.8) is 0 Å². The zero-order chi connectivity index (χ0) is 36.0. The Balaban J connectivity index is 1.59. The lowest BCUT2D eigenvalue weighted by atomic mass is 9.90. The maximum absolute atomic E-state index is 13.1. The monoisotopic (exact) mass is 689 g/mol. The second-order valence-electron chi connectivity index (χ2n) is 11.8. The van der Waals surface area contributed by atoms with Crippen LogP contribution in [-0.4, -0.2) is 79.0 Å². The Morgan fingerprint density at radius 3 is 1.15 bits per heavy atom. The Hall–Kier alpha value is -7.88. The third kappa shape index (κ3) is 4.27. The van der Waals surface area contributed by atoms with Crippen LogP contribution in [0.1, 0.15) is 41.4 Å². The quantitative estimate of drug-likeness (QED) is 0.141. The number of hydrogen-bond donors (Lipinski definition) is 6. The van der Waals surface area contributed by atoms with Crippen molar-refractivity contribution in [2.24, 2.45) is 5.73 Å². The standard InChI is InChI=1S/C36H19N9O7/c37-25(46)19-20-21(23(35(49)50)24(36(51)52)22(19)34(47)48)33-44-31-18-12-6-4-10-16(18)29(42-31)40-27-14-8-2-1-7-13(14)26(38-27)39-28-15-9-3-5-11-17(15)30(41-28)43-32(20)45-33/h1-12H,(H2,37,46)(H,47,48)(H,49,50)(H,51,52)(H2,38,39,40,41,42,43,44,45). The molecule has 7 aromatic rings. The second kappa shape index (κ2) is 10.8. The van der Waals surface area contributed by atoms with Crippen LogP contribution in [0.4, 0.5) is 0 Å². The highest BCUT2D eigenvalue weighted by Crippen LogP contribution is 2.40. The third-order valence-electron chi connectivity index (χ3n) is 8.88. The smallest absolute Gasteiger partial charge is 0.337 e. The molecule has 3 aromatic heterocycles. The Morgan fingerprint density at radius 1 is 0.442 bits per heavy atom. The first-order chi connectivity index (χ1) is 25.1. The van der Waals surface area contributed by atoms with E-state index in [-0.39, 0.29) is 40.0 Å². The number of amides is 1. The van der Waals surface area contributed by atoms with E-state index in [1.807, 2.05) is 24.3 Å². The molecule has 0 spiro atoms. The molecule has 0 fully saturated rings. The Kier molecular flexibility index (Phi) is 6.28. The fraction of sp³-hybridized carbons (Fsp3) is 0. The van der Waals surface area contributed by atoms with Gasteiger partial charge in [0.1, 0.15) is 22.6 Å². The molecule has 250 valence electrons. The number of rotatable bonds is 4. The van der Waals surface area contributed by atoms with Crippen molar-refractivity contribution in [2.75, 3.05) is 0 Å². The van der Waals surface area contributed by atoms with Gasteiger partial charge in [0.25, 0.3) is 0 Å². The van der Waals surface area contributed by atoms with Crippen LogP contribution in [0.2, 0.25) is 0 Å². The molecule has 1 amide bonds. The Bertz CT molecular complexity index is 2810. The van der Waals surface area contributed by atoms with Crippen molar-refractivity contribution in [3.05, 3.63) is 95.1 Å². The molecule has 8 bridgehead atoms. The van der Waals surface area contributed by atoms with Gasteiger partial charge in [0, 0.05) is 43.8 Å². The van der Waals surface area contributed by atoms with E-state index < -0.39 is 51.5 Å². The Labute approximate surface area is 288 Å². The lowest BCUT2D eigenvalue weighted by molar-refractivity contribution is 0.0633. The number of carbonyl (C=O) groups is 4. The third-order valence-corrected chi connectivity index (χ3v) is 8.88. The second-order valence-corrected chi connectivity index (χ2v) is 11.8. The van der Waals surface area contributed by atoms with Gasteiger partial charge in [-0.1, -0.05) is 72.8 Å². The van der Waals surface area contributed by atoms with E-state index in [2.05, 4.69) is 15.0 Å². The lowest BCUT2D eigenvalue weighted by Crippen LogP contribution is -2.23. The van der Waals surface area contributed by atoms with Crippen molar-refractivity contribution in [1.29, 1.82) is 0 Å². The van der Waals surface area contributed by atoms with Gasteiger partial charge in [0.05, 0.1) is 22.3 Å². The highest BCUT2D eigenvalue weighted by Gasteiger charge is 2.36. The zero-order valence-corrected chi connectivity index (χ0v) is 26.2. The molecule has 0 radical (unpaired) electrons. The van der Waals surface area contributed by atoms with E-state index in [4.69, 9.17) is 30.7 Å². The molecule has 2 aliphatic rings. The molecule has 0 unspecified atom stereocenters. The van der Waals surface area contributed by atoms with E-state index in [0.29, 0.717) is 33.5 Å². The van der Waals surface area contributed by atoms with Gasteiger partial charge in [0.2, 0.25) is 5.91 Å². The van der Waals surface area contributed by atoms with Gasteiger partial charge in [-0.3, -0.25) is 4.79 Å². The summed E-state index contributed by atoms with van der Waals surface area (Å²) < 4.78 is 0. The average molecular weight is 690 g/mol. The maximum Gasteiger partial charge on any atom is 0.337 e. The number of primary amides is 1. The number of aromatic nitrogens is 8. The van der Waals surface area contributed by atoms with Crippen LogP contribution in [0.15, 0.2) is 72.8 Å². The molecule has 16 nitrogen and oxygen atoms in total. The van der Waals surface area contributed by atoms with Crippen molar-refractivity contribution >= 4 is 67.9 Å². The highest BCUT2D eigenvalue weighted by atomic mass is 16.4. The van der Waals surface area contributed by atoms with Gasteiger partial charge in [-0.2, -0.15) is 0 Å². The first kappa shape index (κ1) is 30.2. The van der Waals surface area contributed by atoms with E-state index >= 15 is 0 Å².